The Morgan fingerprint density at radius 2 is 1.30 bits per heavy atom. The number of hydrogen-bond donors (Lipinski definition) is 0. The van der Waals surface area contributed by atoms with Gasteiger partial charge in [0.05, 0.1) is 26.2 Å². The average molecular weight is 328 g/mol. The number of carboxylic acids is 1. The Kier molecular flexibility index (Phi) is 18.6. The monoisotopic (exact) mass is 327 g/mol. The summed E-state index contributed by atoms with van der Waals surface area (Å²) in [6.07, 6.45) is 12.7. The molecule has 0 saturated carbocycles. The Morgan fingerprint density at radius 3 is 1.61 bits per heavy atom. The van der Waals surface area contributed by atoms with Crippen LogP contribution in [0.2, 0.25) is 0 Å². The molecule has 23 heavy (non-hydrogen) atoms. The van der Waals surface area contributed by atoms with E-state index < -0.39 is 5.97 Å². The lowest BCUT2D eigenvalue weighted by Crippen LogP contribution is -2.48. The number of carbonyl (C=O) groups excluding carboxylic acids is 1. The number of rotatable bonds is 14. The fourth-order valence-electron chi connectivity index (χ4n) is 2.84. The molecule has 138 valence electrons. The minimum absolute atomic E-state index is 0.0556. The topological polar surface area (TPSA) is 40.1 Å². The number of aliphatic carboxylic acids is 1. The van der Waals surface area contributed by atoms with Crippen molar-refractivity contribution >= 4 is 5.97 Å². The molecule has 0 radical (unpaired) electrons. The molecule has 0 spiro atoms. The van der Waals surface area contributed by atoms with Crippen LogP contribution in [0, 0.1) is 0 Å². The molecule has 0 aliphatic rings. The Labute approximate surface area is 145 Å². The van der Waals surface area contributed by atoms with Crippen LogP contribution < -0.4 is 5.11 Å². The van der Waals surface area contributed by atoms with Crippen LogP contribution in [0.5, 0.6) is 0 Å². The van der Waals surface area contributed by atoms with E-state index in [1.54, 1.807) is 0 Å². The molecule has 0 heterocycles. The maximum Gasteiger partial charge on any atom is 0.0786 e. The highest BCUT2D eigenvalue weighted by molar-refractivity contribution is 5.65. The smallest absolute Gasteiger partial charge is 0.0786 e. The largest absolute Gasteiger partial charge is 0.550 e. The van der Waals surface area contributed by atoms with Crippen LogP contribution in [-0.2, 0) is 4.79 Å². The molecule has 0 aliphatic heterocycles. The lowest BCUT2D eigenvalue weighted by Gasteiger charge is -2.35. The number of nitrogens with zero attached hydrogens (tertiary/aromatic N) is 1. The van der Waals surface area contributed by atoms with Crippen molar-refractivity contribution in [2.45, 2.75) is 85.5 Å². The van der Waals surface area contributed by atoms with Gasteiger partial charge in [0.15, 0.2) is 0 Å². The van der Waals surface area contributed by atoms with Crippen molar-refractivity contribution in [2.24, 2.45) is 0 Å². The fraction of sp³-hybridized carbons (Fsp3) is 0.850. The third kappa shape index (κ3) is 15.8. The zero-order chi connectivity index (χ0) is 18.0. The van der Waals surface area contributed by atoms with Crippen LogP contribution >= 0.6 is 0 Å². The molecule has 0 rings (SSSR count). The molecule has 0 aliphatic carbocycles. The van der Waals surface area contributed by atoms with E-state index in [4.69, 9.17) is 0 Å². The van der Waals surface area contributed by atoms with E-state index in [9.17, 15) is 9.90 Å². The number of unbranched alkanes of at least 4 members (excludes halogenated alkanes) is 7. The summed E-state index contributed by atoms with van der Waals surface area (Å²) in [5.74, 6) is -1.08. The van der Waals surface area contributed by atoms with E-state index >= 15 is 0 Å². The van der Waals surface area contributed by atoms with E-state index in [0.717, 1.165) is 0 Å². The van der Waals surface area contributed by atoms with Crippen molar-refractivity contribution < 1.29 is 14.4 Å². The Hall–Kier alpha value is -0.830. The Morgan fingerprint density at radius 1 is 0.870 bits per heavy atom. The van der Waals surface area contributed by atoms with Crippen molar-refractivity contribution in [3.63, 3.8) is 0 Å². The number of quaternary nitrogens is 1. The minimum atomic E-state index is -1.08. The molecule has 0 aromatic heterocycles. The van der Waals surface area contributed by atoms with Gasteiger partial charge in [-0.1, -0.05) is 51.5 Å². The zero-order valence-corrected chi connectivity index (χ0v) is 16.2. The first-order valence-electron chi connectivity index (χ1n) is 9.67. The molecule has 0 aromatic carbocycles. The first-order chi connectivity index (χ1) is 11.0. The molecule has 0 amide bonds. The van der Waals surface area contributed by atoms with Gasteiger partial charge in [0.2, 0.25) is 0 Å². The number of carbonyl (C=O) groups is 1. The van der Waals surface area contributed by atoms with Crippen molar-refractivity contribution in [3.05, 3.63) is 12.7 Å². The predicted octanol–water partition coefficient (Wildman–Crippen LogP) is 4.32. The summed E-state index contributed by atoms with van der Waals surface area (Å²) in [5.41, 5.74) is 0. The molecule has 0 unspecified atom stereocenters. The second-order valence-corrected chi connectivity index (χ2v) is 6.35. The van der Waals surface area contributed by atoms with Gasteiger partial charge < -0.3 is 14.4 Å². The highest BCUT2D eigenvalue weighted by Crippen LogP contribution is 2.12. The van der Waals surface area contributed by atoms with Crippen LogP contribution in [0.15, 0.2) is 12.7 Å². The van der Waals surface area contributed by atoms with Crippen molar-refractivity contribution in [1.82, 2.24) is 0 Å². The molecule has 0 atom stereocenters. The second-order valence-electron chi connectivity index (χ2n) is 6.35. The highest BCUT2D eigenvalue weighted by atomic mass is 16.4. The van der Waals surface area contributed by atoms with Crippen LogP contribution in [0.1, 0.15) is 85.5 Å². The van der Waals surface area contributed by atoms with Crippen molar-refractivity contribution in [1.29, 1.82) is 0 Å². The molecule has 3 heteroatoms. The first-order valence-corrected chi connectivity index (χ1v) is 9.67. The first kappa shape index (κ1) is 24.4. The fourth-order valence-corrected chi connectivity index (χ4v) is 2.84. The predicted molar refractivity (Wildman–Crippen MR) is 99.2 cm³/mol. The average Bonchev–Trinajstić information content (AvgIpc) is 2.55. The van der Waals surface area contributed by atoms with Gasteiger partial charge in [0.25, 0.3) is 0 Å². The van der Waals surface area contributed by atoms with Gasteiger partial charge in [-0.05, 0) is 33.6 Å². The number of carboxylic acid groups (broad SMARTS) is 1. The molecule has 0 aromatic rings. The number of hydrogen-bond acceptors (Lipinski definition) is 2. The second kappa shape index (κ2) is 17.5. The molecule has 0 N–H and O–H groups in total. The van der Waals surface area contributed by atoms with Gasteiger partial charge in [0, 0.05) is 12.4 Å². The molecular weight excluding hydrogens is 286 g/mol. The maximum atomic E-state index is 9.42. The molecule has 0 fully saturated rings. The third-order valence-corrected chi connectivity index (χ3v) is 4.81. The van der Waals surface area contributed by atoms with E-state index in [0.29, 0.717) is 0 Å². The molecule has 3 nitrogen and oxygen atoms in total. The van der Waals surface area contributed by atoms with Gasteiger partial charge in [-0.2, -0.15) is 0 Å². The van der Waals surface area contributed by atoms with E-state index in [-0.39, 0.29) is 6.42 Å². The lowest BCUT2D eigenvalue weighted by atomic mass is 10.1. The molecule has 0 saturated heterocycles. The summed E-state index contributed by atoms with van der Waals surface area (Å²) in [5, 5.41) is 9.42. The molecular formula is C20H41NO2. The van der Waals surface area contributed by atoms with Gasteiger partial charge in [-0.3, -0.25) is 0 Å². The molecule has 0 bridgehead atoms. The third-order valence-electron chi connectivity index (χ3n) is 4.81. The minimum Gasteiger partial charge on any atom is -0.550 e. The Bertz CT molecular complexity index is 265. The SMILES string of the molecule is C=CCC(=O)[O-].CCCCCCCCCC[N+](CC)(CC)CC. The van der Waals surface area contributed by atoms with Gasteiger partial charge in [-0.25, -0.2) is 0 Å². The summed E-state index contributed by atoms with van der Waals surface area (Å²) in [4.78, 5) is 9.42. The van der Waals surface area contributed by atoms with Gasteiger partial charge in [0.1, 0.15) is 0 Å². The van der Waals surface area contributed by atoms with Gasteiger partial charge >= 0.3 is 0 Å². The summed E-state index contributed by atoms with van der Waals surface area (Å²) in [7, 11) is 0. The van der Waals surface area contributed by atoms with Crippen LogP contribution in [0.4, 0.5) is 0 Å². The van der Waals surface area contributed by atoms with Crippen LogP contribution in [0.3, 0.4) is 0 Å². The normalized spacial score (nSPS) is 10.8. The van der Waals surface area contributed by atoms with Crippen molar-refractivity contribution in [3.8, 4) is 0 Å². The standard InChI is InChI=1S/C16H36N.C4H6O2/c1-5-9-10-11-12-13-14-15-16-17(6-2,7-3)8-4;1-2-3-4(5)6/h5-16H2,1-4H3;2H,1,3H2,(H,5,6)/q+1;/p-1. The van der Waals surface area contributed by atoms with Crippen molar-refractivity contribution in [2.75, 3.05) is 26.2 Å². The quantitative estimate of drug-likeness (QED) is 0.271. The summed E-state index contributed by atoms with van der Waals surface area (Å²) in [6.45, 7) is 17.8. The van der Waals surface area contributed by atoms with E-state index in [1.165, 1.54) is 88.1 Å². The zero-order valence-electron chi connectivity index (χ0n) is 16.2. The van der Waals surface area contributed by atoms with E-state index in [2.05, 4.69) is 34.3 Å². The van der Waals surface area contributed by atoms with Crippen LogP contribution in [0.25, 0.3) is 0 Å². The summed E-state index contributed by atoms with van der Waals surface area (Å²) >= 11 is 0. The van der Waals surface area contributed by atoms with Gasteiger partial charge in [-0.15, -0.1) is 6.58 Å². The van der Waals surface area contributed by atoms with E-state index in [1.807, 2.05) is 0 Å². The summed E-state index contributed by atoms with van der Waals surface area (Å²) < 4.78 is 1.33. The Balaban J connectivity index is 0. The lowest BCUT2D eigenvalue weighted by molar-refractivity contribution is -0.923. The highest BCUT2D eigenvalue weighted by Gasteiger charge is 2.19. The summed E-state index contributed by atoms with van der Waals surface area (Å²) in [6, 6.07) is 0. The van der Waals surface area contributed by atoms with Crippen LogP contribution in [-0.4, -0.2) is 36.6 Å². The maximum absolute atomic E-state index is 9.42.